The molecular formula is C11H14ClNO4S. The largest absolute Gasteiger partial charge is 0.462 e. The van der Waals surface area contributed by atoms with E-state index in [9.17, 15) is 13.2 Å². The molecule has 0 unspecified atom stereocenters. The van der Waals surface area contributed by atoms with Crippen LogP contribution in [0.1, 0.15) is 24.2 Å². The van der Waals surface area contributed by atoms with Crippen LogP contribution < -0.4 is 5.14 Å². The van der Waals surface area contributed by atoms with E-state index in [0.717, 1.165) is 6.07 Å². The summed E-state index contributed by atoms with van der Waals surface area (Å²) in [5.74, 6) is -0.492. The number of sulfonamides is 1. The molecule has 1 rings (SSSR count). The van der Waals surface area contributed by atoms with Gasteiger partial charge in [-0.1, -0.05) is 25.4 Å². The van der Waals surface area contributed by atoms with Gasteiger partial charge in [0.05, 0.1) is 22.1 Å². The number of primary sulfonamides is 1. The first kappa shape index (κ1) is 14.9. The van der Waals surface area contributed by atoms with Crippen molar-refractivity contribution >= 4 is 27.6 Å². The summed E-state index contributed by atoms with van der Waals surface area (Å²) >= 11 is 5.82. The molecular weight excluding hydrogens is 278 g/mol. The van der Waals surface area contributed by atoms with Crippen molar-refractivity contribution in [3.05, 3.63) is 28.8 Å². The highest BCUT2D eigenvalue weighted by molar-refractivity contribution is 7.89. The molecule has 0 fully saturated rings. The SMILES string of the molecule is CC(C)COC(=O)c1cc(S(N)(=O)=O)ccc1Cl. The van der Waals surface area contributed by atoms with Gasteiger partial charge in [-0.3, -0.25) is 0 Å². The van der Waals surface area contributed by atoms with E-state index >= 15 is 0 Å². The van der Waals surface area contributed by atoms with Crippen LogP contribution in [0.2, 0.25) is 5.02 Å². The highest BCUT2D eigenvalue weighted by atomic mass is 35.5. The van der Waals surface area contributed by atoms with E-state index in [4.69, 9.17) is 21.5 Å². The highest BCUT2D eigenvalue weighted by Gasteiger charge is 2.17. The standard InChI is InChI=1S/C11H14ClNO4S/c1-7(2)6-17-11(14)9-5-8(18(13,15)16)3-4-10(9)12/h3-5,7H,6H2,1-2H3,(H2,13,15,16). The first-order chi connectivity index (χ1) is 8.21. The van der Waals surface area contributed by atoms with Crippen LogP contribution in [0.3, 0.4) is 0 Å². The minimum Gasteiger partial charge on any atom is -0.462 e. The average Bonchev–Trinajstić information content (AvgIpc) is 2.24. The first-order valence-corrected chi connectivity index (χ1v) is 7.13. The van der Waals surface area contributed by atoms with Gasteiger partial charge >= 0.3 is 5.97 Å². The van der Waals surface area contributed by atoms with Gasteiger partial charge in [0.1, 0.15) is 0 Å². The maximum absolute atomic E-state index is 11.7. The maximum atomic E-state index is 11.7. The molecule has 0 bridgehead atoms. The third-order valence-electron chi connectivity index (χ3n) is 2.03. The molecule has 0 spiro atoms. The Kier molecular flexibility index (Phi) is 4.72. The predicted octanol–water partition coefficient (Wildman–Crippen LogP) is 1.80. The summed E-state index contributed by atoms with van der Waals surface area (Å²) in [7, 11) is -3.87. The van der Waals surface area contributed by atoms with Crippen molar-refractivity contribution in [2.24, 2.45) is 11.1 Å². The van der Waals surface area contributed by atoms with E-state index in [2.05, 4.69) is 0 Å². The summed E-state index contributed by atoms with van der Waals surface area (Å²) in [6, 6.07) is 3.64. The number of nitrogens with two attached hydrogens (primary N) is 1. The van der Waals surface area contributed by atoms with Gasteiger partial charge in [-0.2, -0.15) is 0 Å². The molecule has 7 heteroatoms. The summed E-state index contributed by atoms with van der Waals surface area (Å²) in [5, 5.41) is 5.10. The Morgan fingerprint density at radius 3 is 2.56 bits per heavy atom. The lowest BCUT2D eigenvalue weighted by Crippen LogP contribution is -2.15. The lowest BCUT2D eigenvalue weighted by Gasteiger charge is -2.09. The highest BCUT2D eigenvalue weighted by Crippen LogP contribution is 2.20. The first-order valence-electron chi connectivity index (χ1n) is 5.21. The van der Waals surface area contributed by atoms with Gasteiger partial charge in [-0.25, -0.2) is 18.4 Å². The fourth-order valence-electron chi connectivity index (χ4n) is 1.16. The average molecular weight is 292 g/mol. The van der Waals surface area contributed by atoms with Crippen LogP contribution in [0.4, 0.5) is 0 Å². The van der Waals surface area contributed by atoms with Crippen molar-refractivity contribution in [2.75, 3.05) is 6.61 Å². The Balaban J connectivity index is 3.05. The molecule has 1 aromatic rings. The van der Waals surface area contributed by atoms with Gasteiger partial charge in [0.2, 0.25) is 10.0 Å². The number of rotatable bonds is 4. The van der Waals surface area contributed by atoms with Crippen molar-refractivity contribution in [3.63, 3.8) is 0 Å². The van der Waals surface area contributed by atoms with Crippen molar-refractivity contribution < 1.29 is 17.9 Å². The Bertz CT molecular complexity index is 554. The van der Waals surface area contributed by atoms with Crippen LogP contribution in [0.25, 0.3) is 0 Å². The minimum absolute atomic E-state index is 0.0103. The minimum atomic E-state index is -3.87. The molecule has 0 aliphatic carbocycles. The summed E-state index contributed by atoms with van der Waals surface area (Å²) in [4.78, 5) is 11.5. The lowest BCUT2D eigenvalue weighted by atomic mass is 10.2. The predicted molar refractivity (Wildman–Crippen MR) is 67.9 cm³/mol. The molecule has 100 valence electrons. The van der Waals surface area contributed by atoms with E-state index in [1.54, 1.807) is 0 Å². The molecule has 18 heavy (non-hydrogen) atoms. The van der Waals surface area contributed by atoms with Crippen LogP contribution in [-0.4, -0.2) is 21.0 Å². The number of hydrogen-bond donors (Lipinski definition) is 1. The number of benzene rings is 1. The zero-order valence-corrected chi connectivity index (χ0v) is 11.6. The zero-order valence-electron chi connectivity index (χ0n) is 10.0. The third-order valence-corrected chi connectivity index (χ3v) is 3.27. The quantitative estimate of drug-likeness (QED) is 0.857. The molecule has 0 aromatic heterocycles. The summed E-state index contributed by atoms with van der Waals surface area (Å²) in [6.45, 7) is 4.00. The molecule has 0 amide bonds. The topological polar surface area (TPSA) is 86.5 Å². The number of carbonyl (C=O) groups excluding carboxylic acids is 1. The summed E-state index contributed by atoms with van der Waals surface area (Å²) in [6.07, 6.45) is 0. The second-order valence-corrected chi connectivity index (χ2v) is 6.15. The van der Waals surface area contributed by atoms with E-state index < -0.39 is 16.0 Å². The van der Waals surface area contributed by atoms with Crippen LogP contribution in [0.5, 0.6) is 0 Å². The van der Waals surface area contributed by atoms with Gasteiger partial charge in [0.15, 0.2) is 0 Å². The molecule has 0 heterocycles. The van der Waals surface area contributed by atoms with Gasteiger partial charge in [0.25, 0.3) is 0 Å². The van der Waals surface area contributed by atoms with Crippen LogP contribution in [-0.2, 0) is 14.8 Å². The Labute approximate surface area is 111 Å². The smallest absolute Gasteiger partial charge is 0.339 e. The molecule has 0 saturated heterocycles. The molecule has 2 N–H and O–H groups in total. The maximum Gasteiger partial charge on any atom is 0.339 e. The van der Waals surface area contributed by atoms with Crippen molar-refractivity contribution in [3.8, 4) is 0 Å². The van der Waals surface area contributed by atoms with E-state index in [0.29, 0.717) is 0 Å². The molecule has 0 atom stereocenters. The van der Waals surface area contributed by atoms with Crippen molar-refractivity contribution in [2.45, 2.75) is 18.7 Å². The van der Waals surface area contributed by atoms with E-state index in [1.165, 1.54) is 12.1 Å². The van der Waals surface area contributed by atoms with E-state index in [1.807, 2.05) is 13.8 Å². The molecule has 5 nitrogen and oxygen atoms in total. The Morgan fingerprint density at radius 2 is 2.06 bits per heavy atom. The molecule has 0 saturated carbocycles. The monoisotopic (exact) mass is 291 g/mol. The summed E-state index contributed by atoms with van der Waals surface area (Å²) < 4.78 is 27.3. The molecule has 0 aliphatic rings. The molecule has 0 radical (unpaired) electrons. The van der Waals surface area contributed by atoms with Crippen LogP contribution >= 0.6 is 11.6 Å². The lowest BCUT2D eigenvalue weighted by molar-refractivity contribution is 0.0459. The van der Waals surface area contributed by atoms with E-state index in [-0.39, 0.29) is 28.0 Å². The third kappa shape index (κ3) is 3.97. The van der Waals surface area contributed by atoms with Gasteiger partial charge in [0, 0.05) is 0 Å². The second-order valence-electron chi connectivity index (χ2n) is 4.18. The van der Waals surface area contributed by atoms with Crippen LogP contribution in [0, 0.1) is 5.92 Å². The zero-order chi connectivity index (χ0) is 13.9. The van der Waals surface area contributed by atoms with Crippen molar-refractivity contribution in [1.29, 1.82) is 0 Å². The van der Waals surface area contributed by atoms with Gasteiger partial charge in [-0.15, -0.1) is 0 Å². The van der Waals surface area contributed by atoms with Gasteiger partial charge < -0.3 is 4.74 Å². The number of carbonyl (C=O) groups is 1. The number of esters is 1. The number of halogens is 1. The fourth-order valence-corrected chi connectivity index (χ4v) is 1.89. The van der Waals surface area contributed by atoms with Gasteiger partial charge in [-0.05, 0) is 24.1 Å². The number of hydrogen-bond acceptors (Lipinski definition) is 4. The Morgan fingerprint density at radius 1 is 1.44 bits per heavy atom. The molecule has 0 aliphatic heterocycles. The summed E-state index contributed by atoms with van der Waals surface area (Å²) in [5.41, 5.74) is -0.0103. The van der Waals surface area contributed by atoms with Crippen molar-refractivity contribution in [1.82, 2.24) is 0 Å². The molecule has 1 aromatic carbocycles. The van der Waals surface area contributed by atoms with Crippen LogP contribution in [0.15, 0.2) is 23.1 Å². The normalized spacial score (nSPS) is 11.6. The second kappa shape index (κ2) is 5.69. The Hall–Kier alpha value is -1.11. The fraction of sp³-hybridized carbons (Fsp3) is 0.364. The number of ether oxygens (including phenoxy) is 1.